The van der Waals surface area contributed by atoms with Gasteiger partial charge in [-0.05, 0) is 58.5 Å². The number of rotatable bonds is 4. The molecule has 1 aromatic heterocycles. The predicted molar refractivity (Wildman–Crippen MR) is 134 cm³/mol. The van der Waals surface area contributed by atoms with Crippen molar-refractivity contribution in [3.8, 4) is 11.1 Å². The Labute approximate surface area is 198 Å². The first-order valence-electron chi connectivity index (χ1n) is 11.7. The number of ether oxygens (including phenoxy) is 1. The highest BCUT2D eigenvalue weighted by atomic mass is 16.6. The highest BCUT2D eigenvalue weighted by molar-refractivity contribution is 5.89. The molecule has 2 heterocycles. The molecule has 34 heavy (non-hydrogen) atoms. The summed E-state index contributed by atoms with van der Waals surface area (Å²) >= 11 is 0. The number of benzene rings is 4. The molecule has 0 unspecified atom stereocenters. The Bertz CT molecular complexity index is 1480. The van der Waals surface area contributed by atoms with Crippen LogP contribution in [0.1, 0.15) is 30.3 Å². The van der Waals surface area contributed by atoms with E-state index < -0.39 is 0 Å². The third-order valence-corrected chi connectivity index (χ3v) is 6.59. The van der Waals surface area contributed by atoms with Gasteiger partial charge in [-0.1, -0.05) is 72.8 Å². The van der Waals surface area contributed by atoms with Gasteiger partial charge < -0.3 is 9.72 Å². The lowest BCUT2D eigenvalue weighted by Gasteiger charge is -2.22. The largest absolute Gasteiger partial charge is 0.445 e. The molecule has 1 atom stereocenters. The summed E-state index contributed by atoms with van der Waals surface area (Å²) in [5, 5.41) is 2.46. The molecule has 4 aromatic carbocycles. The van der Waals surface area contributed by atoms with Crippen LogP contribution in [0.5, 0.6) is 0 Å². The van der Waals surface area contributed by atoms with Crippen LogP contribution in [-0.4, -0.2) is 27.5 Å². The predicted octanol–water partition coefficient (Wildman–Crippen LogP) is 6.86. The van der Waals surface area contributed by atoms with Crippen LogP contribution < -0.4 is 0 Å². The zero-order chi connectivity index (χ0) is 22.9. The molecule has 0 radical (unpaired) electrons. The first kappa shape index (κ1) is 20.5. The van der Waals surface area contributed by atoms with Crippen LogP contribution in [-0.2, 0) is 11.3 Å². The number of aromatic amines is 1. The third kappa shape index (κ3) is 3.90. The standard InChI is InChI=1S/C29H25N3O2/c33-29(34-19-20-7-2-1-3-8-20)32-16-6-11-27(32)28-30-25-15-14-24(18-26(25)31-28)23-13-12-21-9-4-5-10-22(21)17-23/h1-5,7-10,12-15,17-18,27H,6,11,16,19H2,(H,30,31)/t27-/m0/s1. The Kier molecular flexibility index (Phi) is 5.22. The van der Waals surface area contributed by atoms with Gasteiger partial charge in [0.25, 0.3) is 0 Å². The van der Waals surface area contributed by atoms with E-state index in [-0.39, 0.29) is 18.7 Å². The van der Waals surface area contributed by atoms with E-state index >= 15 is 0 Å². The minimum Gasteiger partial charge on any atom is -0.445 e. The van der Waals surface area contributed by atoms with Gasteiger partial charge in [0.1, 0.15) is 12.4 Å². The number of fused-ring (bicyclic) bond motifs is 2. The molecule has 0 bridgehead atoms. The van der Waals surface area contributed by atoms with Gasteiger partial charge in [0.2, 0.25) is 0 Å². The zero-order valence-electron chi connectivity index (χ0n) is 18.8. The van der Waals surface area contributed by atoms with E-state index in [1.165, 1.54) is 16.3 Å². The van der Waals surface area contributed by atoms with Gasteiger partial charge in [0.15, 0.2) is 0 Å². The summed E-state index contributed by atoms with van der Waals surface area (Å²) in [6.07, 6.45) is 1.52. The topological polar surface area (TPSA) is 58.2 Å². The zero-order valence-corrected chi connectivity index (χ0v) is 18.8. The van der Waals surface area contributed by atoms with E-state index in [0.29, 0.717) is 6.54 Å². The first-order chi connectivity index (χ1) is 16.7. The van der Waals surface area contributed by atoms with Gasteiger partial charge in [-0.15, -0.1) is 0 Å². The summed E-state index contributed by atoms with van der Waals surface area (Å²) in [6.45, 7) is 0.954. The Morgan fingerprint density at radius 2 is 1.68 bits per heavy atom. The van der Waals surface area contributed by atoms with Crippen molar-refractivity contribution in [2.75, 3.05) is 6.54 Å². The molecule has 0 aliphatic carbocycles. The van der Waals surface area contributed by atoms with Crippen molar-refractivity contribution in [1.82, 2.24) is 14.9 Å². The average Bonchev–Trinajstić information content (AvgIpc) is 3.54. The highest BCUT2D eigenvalue weighted by Gasteiger charge is 2.33. The van der Waals surface area contributed by atoms with E-state index in [9.17, 15) is 4.79 Å². The number of H-pyrrole nitrogens is 1. The Balaban J connectivity index is 1.24. The molecule has 0 spiro atoms. The quantitative estimate of drug-likeness (QED) is 0.327. The van der Waals surface area contributed by atoms with E-state index in [1.807, 2.05) is 36.4 Å². The van der Waals surface area contributed by atoms with Crippen molar-refractivity contribution in [2.24, 2.45) is 0 Å². The lowest BCUT2D eigenvalue weighted by Crippen LogP contribution is -2.31. The highest BCUT2D eigenvalue weighted by Crippen LogP contribution is 2.33. The summed E-state index contributed by atoms with van der Waals surface area (Å²) in [5.41, 5.74) is 5.17. The normalized spacial score (nSPS) is 15.8. The van der Waals surface area contributed by atoms with Crippen LogP contribution in [0.3, 0.4) is 0 Å². The van der Waals surface area contributed by atoms with Crippen LogP contribution in [0.2, 0.25) is 0 Å². The van der Waals surface area contributed by atoms with Crippen molar-refractivity contribution in [1.29, 1.82) is 0 Å². The van der Waals surface area contributed by atoms with Crippen LogP contribution in [0.15, 0.2) is 91.0 Å². The molecule has 1 aliphatic heterocycles. The average molecular weight is 448 g/mol. The van der Waals surface area contributed by atoms with Crippen LogP contribution in [0, 0.1) is 0 Å². The van der Waals surface area contributed by atoms with E-state index in [2.05, 4.69) is 59.6 Å². The maximum atomic E-state index is 12.8. The van der Waals surface area contributed by atoms with Gasteiger partial charge in [-0.2, -0.15) is 0 Å². The number of likely N-dealkylation sites (tertiary alicyclic amines) is 1. The molecule has 1 amide bonds. The van der Waals surface area contributed by atoms with Crippen LogP contribution >= 0.6 is 0 Å². The van der Waals surface area contributed by atoms with E-state index in [0.717, 1.165) is 40.8 Å². The fourth-order valence-electron chi connectivity index (χ4n) is 4.81. The molecule has 5 aromatic rings. The molecule has 1 saturated heterocycles. The lowest BCUT2D eigenvalue weighted by molar-refractivity contribution is 0.0910. The van der Waals surface area contributed by atoms with Gasteiger partial charge in [0.05, 0.1) is 17.1 Å². The van der Waals surface area contributed by atoms with Gasteiger partial charge >= 0.3 is 6.09 Å². The minimum absolute atomic E-state index is 0.0974. The smallest absolute Gasteiger partial charge is 0.410 e. The number of nitrogens with zero attached hydrogens (tertiary/aromatic N) is 2. The number of amides is 1. The second-order valence-corrected chi connectivity index (χ2v) is 8.81. The van der Waals surface area contributed by atoms with Crippen molar-refractivity contribution in [3.05, 3.63) is 102 Å². The first-order valence-corrected chi connectivity index (χ1v) is 11.7. The van der Waals surface area contributed by atoms with Crippen molar-refractivity contribution in [2.45, 2.75) is 25.5 Å². The SMILES string of the molecule is O=C(OCc1ccccc1)N1CCC[C@H]1c1nc2ccc(-c3ccc4ccccc4c3)cc2[nH]1. The molecule has 5 heteroatoms. The summed E-state index contributed by atoms with van der Waals surface area (Å²) in [4.78, 5) is 22.9. The number of nitrogens with one attached hydrogen (secondary N) is 1. The van der Waals surface area contributed by atoms with Gasteiger partial charge in [0, 0.05) is 6.54 Å². The minimum atomic E-state index is -0.288. The Hall–Kier alpha value is -4.12. The lowest BCUT2D eigenvalue weighted by atomic mass is 10.0. The van der Waals surface area contributed by atoms with Crippen molar-refractivity contribution < 1.29 is 9.53 Å². The Morgan fingerprint density at radius 3 is 2.56 bits per heavy atom. The monoisotopic (exact) mass is 447 g/mol. The molecule has 168 valence electrons. The number of imidazole rings is 1. The second-order valence-electron chi connectivity index (χ2n) is 8.81. The summed E-state index contributed by atoms with van der Waals surface area (Å²) in [7, 11) is 0. The molecule has 0 saturated carbocycles. The van der Waals surface area contributed by atoms with Gasteiger partial charge in [-0.25, -0.2) is 9.78 Å². The molecular formula is C29H25N3O2. The fraction of sp³-hybridized carbons (Fsp3) is 0.172. The summed E-state index contributed by atoms with van der Waals surface area (Å²) in [6, 6.07) is 30.9. The van der Waals surface area contributed by atoms with Crippen molar-refractivity contribution in [3.63, 3.8) is 0 Å². The number of carbonyl (C=O) groups is 1. The Morgan fingerprint density at radius 1 is 0.912 bits per heavy atom. The molecular weight excluding hydrogens is 422 g/mol. The van der Waals surface area contributed by atoms with Gasteiger partial charge in [-0.3, -0.25) is 4.90 Å². The molecule has 1 N–H and O–H groups in total. The van der Waals surface area contributed by atoms with Crippen molar-refractivity contribution >= 4 is 27.9 Å². The third-order valence-electron chi connectivity index (χ3n) is 6.59. The molecule has 5 nitrogen and oxygen atoms in total. The maximum Gasteiger partial charge on any atom is 0.410 e. The number of aromatic nitrogens is 2. The summed E-state index contributed by atoms with van der Waals surface area (Å²) in [5.74, 6) is 0.819. The molecule has 1 fully saturated rings. The number of hydrogen-bond acceptors (Lipinski definition) is 3. The summed E-state index contributed by atoms with van der Waals surface area (Å²) < 4.78 is 5.60. The fourth-order valence-corrected chi connectivity index (χ4v) is 4.81. The van der Waals surface area contributed by atoms with E-state index in [1.54, 1.807) is 4.90 Å². The van der Waals surface area contributed by atoms with E-state index in [4.69, 9.17) is 9.72 Å². The number of hydrogen-bond donors (Lipinski definition) is 1. The second kappa shape index (κ2) is 8.67. The van der Waals surface area contributed by atoms with Crippen LogP contribution in [0.25, 0.3) is 32.9 Å². The molecule has 1 aliphatic rings. The van der Waals surface area contributed by atoms with Crippen LogP contribution in [0.4, 0.5) is 4.79 Å². The molecule has 6 rings (SSSR count). The maximum absolute atomic E-state index is 12.8. The number of carbonyl (C=O) groups excluding carboxylic acids is 1.